The molecule has 134 valence electrons. The first-order valence-corrected chi connectivity index (χ1v) is 9.39. The van der Waals surface area contributed by atoms with E-state index in [9.17, 15) is 0 Å². The number of aromatic nitrogens is 2. The average Bonchev–Trinajstić information content (AvgIpc) is 2.97. The summed E-state index contributed by atoms with van der Waals surface area (Å²) in [5.41, 5.74) is 1.21. The van der Waals surface area contributed by atoms with Crippen LogP contribution in [0.4, 0.5) is 0 Å². The van der Waals surface area contributed by atoms with Crippen LogP contribution in [0.2, 0.25) is 10.0 Å². The normalized spacial score (nSPS) is 12.0. The van der Waals surface area contributed by atoms with Gasteiger partial charge in [0.15, 0.2) is 0 Å². The van der Waals surface area contributed by atoms with E-state index >= 15 is 0 Å². The predicted molar refractivity (Wildman–Crippen MR) is 98.3 cm³/mol. The van der Waals surface area contributed by atoms with Crippen molar-refractivity contribution >= 4 is 23.2 Å². The van der Waals surface area contributed by atoms with Gasteiger partial charge in [0.1, 0.15) is 12.4 Å². The third-order valence-electron chi connectivity index (χ3n) is 4.26. The fraction of sp³-hybridized carbons (Fsp3) is 0.526. The summed E-state index contributed by atoms with van der Waals surface area (Å²) in [6.07, 6.45) is 12.5. The number of rotatable bonds is 9. The summed E-state index contributed by atoms with van der Waals surface area (Å²) in [5.74, 6) is 0.423. The van der Waals surface area contributed by atoms with E-state index in [4.69, 9.17) is 23.2 Å². The standard InChI is InChI=1S/C19H27Cl2N2.HI/c1-3-5-7-16(18-9-8-17(20)13-19(18)21)14-23-12-11-22(15-23)10-6-4-2;/h8-9,11-13,15-16H,3-7,10,14H2,1-2H3;1H/q+1;/p-1. The minimum Gasteiger partial charge on any atom is -1.00 e. The van der Waals surface area contributed by atoms with Crippen LogP contribution >= 0.6 is 23.2 Å². The van der Waals surface area contributed by atoms with Crippen LogP contribution in [0, 0.1) is 0 Å². The van der Waals surface area contributed by atoms with Gasteiger partial charge in [-0.25, -0.2) is 9.13 Å². The van der Waals surface area contributed by atoms with Gasteiger partial charge in [-0.05, 0) is 30.5 Å². The van der Waals surface area contributed by atoms with E-state index in [-0.39, 0.29) is 24.0 Å². The summed E-state index contributed by atoms with van der Waals surface area (Å²) in [4.78, 5) is 0. The summed E-state index contributed by atoms with van der Waals surface area (Å²) in [6, 6.07) is 5.88. The van der Waals surface area contributed by atoms with E-state index in [0.29, 0.717) is 10.9 Å². The first-order chi connectivity index (χ1) is 11.1. The molecule has 0 radical (unpaired) electrons. The second-order valence-electron chi connectivity index (χ2n) is 6.21. The molecule has 2 aromatic rings. The van der Waals surface area contributed by atoms with E-state index in [1.807, 2.05) is 12.1 Å². The zero-order chi connectivity index (χ0) is 16.7. The van der Waals surface area contributed by atoms with Crippen LogP contribution in [0.3, 0.4) is 0 Å². The SMILES string of the molecule is CCCCC(C[n+]1ccn(CCCC)c1)c1ccc(Cl)cc1Cl.[I-]. The maximum Gasteiger partial charge on any atom is 0.243 e. The van der Waals surface area contributed by atoms with E-state index in [1.54, 1.807) is 0 Å². The van der Waals surface area contributed by atoms with Crippen LogP contribution in [0.5, 0.6) is 0 Å². The molecule has 1 atom stereocenters. The van der Waals surface area contributed by atoms with Gasteiger partial charge in [-0.15, -0.1) is 0 Å². The van der Waals surface area contributed by atoms with Crippen molar-refractivity contribution in [3.63, 3.8) is 0 Å². The molecule has 0 bridgehead atoms. The largest absolute Gasteiger partial charge is 1.00 e. The summed E-state index contributed by atoms with van der Waals surface area (Å²) < 4.78 is 4.55. The van der Waals surface area contributed by atoms with Crippen molar-refractivity contribution in [1.82, 2.24) is 4.57 Å². The molecule has 0 aliphatic carbocycles. The fourth-order valence-electron chi connectivity index (χ4n) is 2.90. The number of hydrogen-bond donors (Lipinski definition) is 0. The van der Waals surface area contributed by atoms with Gasteiger partial charge in [0, 0.05) is 16.0 Å². The van der Waals surface area contributed by atoms with Crippen molar-refractivity contribution in [1.29, 1.82) is 0 Å². The van der Waals surface area contributed by atoms with E-state index in [2.05, 4.69) is 47.8 Å². The number of unbranched alkanes of at least 4 members (excludes halogenated alkanes) is 2. The minimum atomic E-state index is 0. The lowest BCUT2D eigenvalue weighted by Gasteiger charge is -2.17. The predicted octanol–water partition coefficient (Wildman–Crippen LogP) is 2.86. The molecule has 1 aromatic carbocycles. The molecule has 24 heavy (non-hydrogen) atoms. The van der Waals surface area contributed by atoms with E-state index in [0.717, 1.165) is 24.5 Å². The van der Waals surface area contributed by atoms with Crippen molar-refractivity contribution < 1.29 is 28.5 Å². The Bertz CT molecular complexity index is 613. The van der Waals surface area contributed by atoms with Gasteiger partial charge in [0.25, 0.3) is 0 Å². The lowest BCUT2D eigenvalue weighted by atomic mass is 9.93. The Morgan fingerprint density at radius 2 is 1.88 bits per heavy atom. The van der Waals surface area contributed by atoms with Crippen molar-refractivity contribution in [3.05, 3.63) is 52.5 Å². The molecule has 2 rings (SSSR count). The number of imidazole rings is 1. The smallest absolute Gasteiger partial charge is 0.243 e. The monoisotopic (exact) mass is 480 g/mol. The Morgan fingerprint density at radius 1 is 1.12 bits per heavy atom. The number of benzene rings is 1. The summed E-state index contributed by atoms with van der Waals surface area (Å²) in [7, 11) is 0. The Kier molecular flexibility index (Phi) is 10.3. The molecular weight excluding hydrogens is 454 g/mol. The third-order valence-corrected chi connectivity index (χ3v) is 4.82. The molecule has 0 aliphatic heterocycles. The highest BCUT2D eigenvalue weighted by molar-refractivity contribution is 6.35. The first-order valence-electron chi connectivity index (χ1n) is 8.63. The number of aryl methyl sites for hydroxylation is 1. The zero-order valence-electron chi connectivity index (χ0n) is 14.5. The van der Waals surface area contributed by atoms with Crippen molar-refractivity contribution in [3.8, 4) is 0 Å². The lowest BCUT2D eigenvalue weighted by molar-refractivity contribution is -0.699. The first kappa shape index (κ1) is 21.8. The molecule has 2 nitrogen and oxygen atoms in total. The molecule has 0 amide bonds. The van der Waals surface area contributed by atoms with Crippen molar-refractivity contribution in [2.24, 2.45) is 0 Å². The average molecular weight is 481 g/mol. The second-order valence-corrected chi connectivity index (χ2v) is 7.05. The Hall–Kier alpha value is -0.260. The van der Waals surface area contributed by atoms with Crippen molar-refractivity contribution in [2.75, 3.05) is 0 Å². The van der Waals surface area contributed by atoms with E-state index < -0.39 is 0 Å². The number of nitrogens with zero attached hydrogens (tertiary/aromatic N) is 2. The fourth-order valence-corrected chi connectivity index (χ4v) is 3.47. The summed E-state index contributed by atoms with van der Waals surface area (Å²) >= 11 is 12.5. The van der Waals surface area contributed by atoms with Gasteiger partial charge in [-0.1, -0.05) is 62.4 Å². The molecule has 0 fully saturated rings. The molecule has 0 saturated heterocycles. The molecule has 0 saturated carbocycles. The molecule has 0 spiro atoms. The Morgan fingerprint density at radius 3 is 2.54 bits per heavy atom. The van der Waals surface area contributed by atoms with Gasteiger partial charge in [0.2, 0.25) is 6.33 Å². The lowest BCUT2D eigenvalue weighted by Crippen LogP contribution is -3.00. The Labute approximate surface area is 173 Å². The molecule has 1 heterocycles. The van der Waals surface area contributed by atoms with Crippen LogP contribution in [0.1, 0.15) is 57.4 Å². The zero-order valence-corrected chi connectivity index (χ0v) is 18.2. The maximum absolute atomic E-state index is 6.44. The van der Waals surface area contributed by atoms with Gasteiger partial charge in [0.05, 0.1) is 13.1 Å². The number of hydrogen-bond acceptors (Lipinski definition) is 0. The topological polar surface area (TPSA) is 8.81 Å². The quantitative estimate of drug-likeness (QED) is 0.385. The highest BCUT2D eigenvalue weighted by Crippen LogP contribution is 2.31. The van der Waals surface area contributed by atoms with Gasteiger partial charge in [-0.3, -0.25) is 0 Å². The molecule has 1 unspecified atom stereocenters. The van der Waals surface area contributed by atoms with E-state index in [1.165, 1.54) is 31.2 Å². The highest BCUT2D eigenvalue weighted by atomic mass is 127. The van der Waals surface area contributed by atoms with Crippen molar-refractivity contribution in [2.45, 2.75) is 65.0 Å². The van der Waals surface area contributed by atoms with Crippen LogP contribution in [0.25, 0.3) is 0 Å². The van der Waals surface area contributed by atoms with Crippen LogP contribution in [-0.4, -0.2) is 4.57 Å². The van der Waals surface area contributed by atoms with Crippen LogP contribution < -0.4 is 28.5 Å². The molecule has 0 N–H and O–H groups in total. The van der Waals surface area contributed by atoms with Gasteiger partial charge >= 0.3 is 0 Å². The summed E-state index contributed by atoms with van der Waals surface area (Å²) in [6.45, 7) is 6.50. The molecule has 5 heteroatoms. The van der Waals surface area contributed by atoms with Gasteiger partial charge in [-0.2, -0.15) is 0 Å². The van der Waals surface area contributed by atoms with Crippen LogP contribution in [-0.2, 0) is 13.1 Å². The Balaban J connectivity index is 0.00000288. The van der Waals surface area contributed by atoms with Crippen LogP contribution in [0.15, 0.2) is 36.9 Å². The van der Waals surface area contributed by atoms with Gasteiger partial charge < -0.3 is 24.0 Å². The highest BCUT2D eigenvalue weighted by Gasteiger charge is 2.18. The molecular formula is C19H27Cl2IN2. The molecule has 0 aliphatic rings. The second kappa shape index (κ2) is 11.4. The maximum atomic E-state index is 6.44. The minimum absolute atomic E-state index is 0. The molecule has 1 aromatic heterocycles. The number of halogens is 3. The third kappa shape index (κ3) is 6.57. The summed E-state index contributed by atoms with van der Waals surface area (Å²) in [5, 5.41) is 1.48.